The van der Waals surface area contributed by atoms with Crippen LogP contribution in [0.15, 0.2) is 78.9 Å². The SMILES string of the molecule is CC(C)(C)c1ccc(C(=O)N2CCN(c3ccc(OCc4ccccc4)cc3)CC2)cc1. The largest absolute Gasteiger partial charge is 0.489 e. The Morgan fingerprint density at radius 3 is 2.03 bits per heavy atom. The first-order valence-corrected chi connectivity index (χ1v) is 11.3. The van der Waals surface area contributed by atoms with Gasteiger partial charge in [-0.2, -0.15) is 0 Å². The van der Waals surface area contributed by atoms with Gasteiger partial charge in [0.2, 0.25) is 0 Å². The van der Waals surface area contributed by atoms with Crippen LogP contribution in [-0.2, 0) is 12.0 Å². The van der Waals surface area contributed by atoms with Crippen molar-refractivity contribution in [2.45, 2.75) is 32.8 Å². The quantitative estimate of drug-likeness (QED) is 0.536. The summed E-state index contributed by atoms with van der Waals surface area (Å²) in [5.74, 6) is 0.986. The first-order valence-electron chi connectivity index (χ1n) is 11.3. The van der Waals surface area contributed by atoms with E-state index in [1.165, 1.54) is 11.3 Å². The molecule has 0 aliphatic carbocycles. The average Bonchev–Trinajstić information content (AvgIpc) is 2.83. The third-order valence-corrected chi connectivity index (χ3v) is 6.01. The van der Waals surface area contributed by atoms with E-state index in [9.17, 15) is 4.79 Å². The van der Waals surface area contributed by atoms with E-state index in [1.54, 1.807) is 0 Å². The summed E-state index contributed by atoms with van der Waals surface area (Å²) in [6.45, 7) is 10.2. The van der Waals surface area contributed by atoms with Crippen molar-refractivity contribution in [2.24, 2.45) is 0 Å². The van der Waals surface area contributed by atoms with Crippen molar-refractivity contribution in [1.82, 2.24) is 4.90 Å². The Kier molecular flexibility index (Phi) is 6.50. The van der Waals surface area contributed by atoms with Crippen LogP contribution in [0.4, 0.5) is 5.69 Å². The molecule has 4 heteroatoms. The monoisotopic (exact) mass is 428 g/mol. The molecule has 4 rings (SSSR count). The zero-order valence-electron chi connectivity index (χ0n) is 19.3. The lowest BCUT2D eigenvalue weighted by Crippen LogP contribution is -2.48. The van der Waals surface area contributed by atoms with E-state index in [0.29, 0.717) is 6.61 Å². The molecule has 0 radical (unpaired) electrons. The molecule has 1 fully saturated rings. The van der Waals surface area contributed by atoms with Crippen molar-refractivity contribution in [3.63, 3.8) is 0 Å². The van der Waals surface area contributed by atoms with Gasteiger partial charge in [0.05, 0.1) is 0 Å². The van der Waals surface area contributed by atoms with Gasteiger partial charge in [-0.1, -0.05) is 63.2 Å². The van der Waals surface area contributed by atoms with Gasteiger partial charge in [0, 0.05) is 37.4 Å². The molecule has 0 N–H and O–H groups in total. The smallest absolute Gasteiger partial charge is 0.253 e. The highest BCUT2D eigenvalue weighted by atomic mass is 16.5. The zero-order valence-corrected chi connectivity index (χ0v) is 19.3. The van der Waals surface area contributed by atoms with Gasteiger partial charge in [0.15, 0.2) is 0 Å². The van der Waals surface area contributed by atoms with Gasteiger partial charge < -0.3 is 14.5 Å². The van der Waals surface area contributed by atoms with E-state index >= 15 is 0 Å². The van der Waals surface area contributed by atoms with Gasteiger partial charge in [-0.3, -0.25) is 4.79 Å². The lowest BCUT2D eigenvalue weighted by molar-refractivity contribution is 0.0746. The Bertz CT molecular complexity index is 1010. The summed E-state index contributed by atoms with van der Waals surface area (Å²) in [5, 5.41) is 0. The van der Waals surface area contributed by atoms with Crippen LogP contribution in [-0.4, -0.2) is 37.0 Å². The maximum absolute atomic E-state index is 12.9. The van der Waals surface area contributed by atoms with Gasteiger partial charge in [0.1, 0.15) is 12.4 Å². The molecule has 166 valence electrons. The number of hydrogen-bond donors (Lipinski definition) is 0. The number of rotatable bonds is 5. The van der Waals surface area contributed by atoms with Crippen LogP contribution < -0.4 is 9.64 Å². The molecule has 1 aliphatic rings. The fraction of sp³-hybridized carbons (Fsp3) is 0.321. The van der Waals surface area contributed by atoms with E-state index in [0.717, 1.165) is 43.1 Å². The second-order valence-electron chi connectivity index (χ2n) is 9.37. The summed E-state index contributed by atoms with van der Waals surface area (Å²) in [7, 11) is 0. The van der Waals surface area contributed by atoms with Crippen molar-refractivity contribution in [2.75, 3.05) is 31.1 Å². The second kappa shape index (κ2) is 9.47. The number of ether oxygens (including phenoxy) is 1. The molecular weight excluding hydrogens is 396 g/mol. The average molecular weight is 429 g/mol. The number of hydrogen-bond acceptors (Lipinski definition) is 3. The molecule has 32 heavy (non-hydrogen) atoms. The van der Waals surface area contributed by atoms with Crippen LogP contribution in [0.1, 0.15) is 42.3 Å². The van der Waals surface area contributed by atoms with Crippen molar-refractivity contribution < 1.29 is 9.53 Å². The Morgan fingerprint density at radius 2 is 1.44 bits per heavy atom. The van der Waals surface area contributed by atoms with E-state index in [4.69, 9.17) is 4.74 Å². The van der Waals surface area contributed by atoms with Gasteiger partial charge >= 0.3 is 0 Å². The van der Waals surface area contributed by atoms with E-state index in [1.807, 2.05) is 47.4 Å². The van der Waals surface area contributed by atoms with Crippen LogP contribution in [0.2, 0.25) is 0 Å². The number of carbonyl (C=O) groups is 1. The van der Waals surface area contributed by atoms with Gasteiger partial charge in [0.25, 0.3) is 5.91 Å². The van der Waals surface area contributed by atoms with Crippen LogP contribution in [0.3, 0.4) is 0 Å². The summed E-state index contributed by atoms with van der Waals surface area (Å²) in [6, 6.07) is 26.5. The van der Waals surface area contributed by atoms with Gasteiger partial charge in [-0.15, -0.1) is 0 Å². The molecule has 0 saturated carbocycles. The number of amides is 1. The maximum Gasteiger partial charge on any atom is 0.253 e. The summed E-state index contributed by atoms with van der Waals surface area (Å²) in [4.78, 5) is 17.2. The van der Waals surface area contributed by atoms with Crippen molar-refractivity contribution >= 4 is 11.6 Å². The van der Waals surface area contributed by atoms with E-state index in [2.05, 4.69) is 62.1 Å². The molecule has 0 spiro atoms. The van der Waals surface area contributed by atoms with Gasteiger partial charge in [-0.25, -0.2) is 0 Å². The maximum atomic E-state index is 12.9. The summed E-state index contributed by atoms with van der Waals surface area (Å²) in [6.07, 6.45) is 0. The molecule has 1 aliphatic heterocycles. The lowest BCUT2D eigenvalue weighted by Gasteiger charge is -2.36. The fourth-order valence-corrected chi connectivity index (χ4v) is 3.96. The number of piperazine rings is 1. The van der Waals surface area contributed by atoms with Crippen molar-refractivity contribution in [3.05, 3.63) is 95.6 Å². The first kappa shape index (κ1) is 21.9. The number of benzene rings is 3. The molecule has 4 nitrogen and oxygen atoms in total. The minimum absolute atomic E-state index is 0.0926. The second-order valence-corrected chi connectivity index (χ2v) is 9.37. The summed E-state index contributed by atoms with van der Waals surface area (Å²) >= 11 is 0. The third kappa shape index (κ3) is 5.31. The van der Waals surface area contributed by atoms with E-state index in [-0.39, 0.29) is 11.3 Å². The van der Waals surface area contributed by atoms with Gasteiger partial charge in [-0.05, 0) is 52.9 Å². The highest BCUT2D eigenvalue weighted by Gasteiger charge is 2.23. The Labute approximate surface area is 191 Å². The Balaban J connectivity index is 1.30. The normalized spacial score (nSPS) is 14.3. The van der Waals surface area contributed by atoms with Crippen LogP contribution >= 0.6 is 0 Å². The fourth-order valence-electron chi connectivity index (χ4n) is 3.96. The van der Waals surface area contributed by atoms with Crippen LogP contribution in [0.25, 0.3) is 0 Å². The molecular formula is C28H32N2O2. The van der Waals surface area contributed by atoms with Crippen molar-refractivity contribution in [1.29, 1.82) is 0 Å². The lowest BCUT2D eigenvalue weighted by atomic mass is 9.86. The topological polar surface area (TPSA) is 32.8 Å². The summed E-state index contributed by atoms with van der Waals surface area (Å²) in [5.41, 5.74) is 4.43. The molecule has 0 atom stereocenters. The molecule has 1 amide bonds. The highest BCUT2D eigenvalue weighted by Crippen LogP contribution is 2.24. The predicted molar refractivity (Wildman–Crippen MR) is 130 cm³/mol. The van der Waals surface area contributed by atoms with Crippen LogP contribution in [0.5, 0.6) is 5.75 Å². The summed E-state index contributed by atoms with van der Waals surface area (Å²) < 4.78 is 5.89. The third-order valence-electron chi connectivity index (χ3n) is 6.01. The standard InChI is InChI=1S/C28H32N2O2/c1-28(2,3)24-11-9-23(10-12-24)27(31)30-19-17-29(18-20-30)25-13-15-26(16-14-25)32-21-22-7-5-4-6-8-22/h4-16H,17-21H2,1-3H3. The number of nitrogens with zero attached hydrogens (tertiary/aromatic N) is 2. The Hall–Kier alpha value is -3.27. The number of anilines is 1. The molecule has 0 bridgehead atoms. The molecule has 0 aromatic heterocycles. The molecule has 0 unspecified atom stereocenters. The van der Waals surface area contributed by atoms with E-state index < -0.39 is 0 Å². The minimum atomic E-state index is 0.0926. The first-order chi connectivity index (χ1) is 15.4. The molecule has 1 saturated heterocycles. The minimum Gasteiger partial charge on any atom is -0.489 e. The van der Waals surface area contributed by atoms with Crippen molar-refractivity contribution in [3.8, 4) is 5.75 Å². The predicted octanol–water partition coefficient (Wildman–Crippen LogP) is 5.53. The molecule has 3 aromatic carbocycles. The Morgan fingerprint density at radius 1 is 0.812 bits per heavy atom. The zero-order chi connectivity index (χ0) is 22.6. The van der Waals surface area contributed by atoms with Crippen LogP contribution in [0, 0.1) is 0 Å². The number of carbonyl (C=O) groups excluding carboxylic acids is 1. The molecule has 3 aromatic rings. The molecule has 1 heterocycles. The highest BCUT2D eigenvalue weighted by molar-refractivity contribution is 5.94.